The maximum atomic E-state index is 5.47. The fourth-order valence-corrected chi connectivity index (χ4v) is 4.65. The van der Waals surface area contributed by atoms with E-state index in [1.54, 1.807) is 21.3 Å². The SMILES string of the molecule is C=CC(CCCCc1ccccc1)CCC[Si](OC)(OC)OC. The van der Waals surface area contributed by atoms with Gasteiger partial charge in [0.25, 0.3) is 0 Å². The minimum Gasteiger partial charge on any atom is -0.377 e. The molecule has 23 heavy (non-hydrogen) atoms. The minimum absolute atomic E-state index is 0.572. The molecule has 1 rings (SSSR count). The van der Waals surface area contributed by atoms with Crippen LogP contribution in [0.25, 0.3) is 0 Å². The van der Waals surface area contributed by atoms with Crippen molar-refractivity contribution in [1.29, 1.82) is 0 Å². The van der Waals surface area contributed by atoms with Crippen LogP contribution in [0.2, 0.25) is 6.04 Å². The summed E-state index contributed by atoms with van der Waals surface area (Å²) in [7, 11) is 2.61. The summed E-state index contributed by atoms with van der Waals surface area (Å²) in [5.74, 6) is 0.572. The lowest BCUT2D eigenvalue weighted by molar-refractivity contribution is 0.122. The molecule has 3 nitrogen and oxygen atoms in total. The normalized spacial score (nSPS) is 13.0. The zero-order valence-electron chi connectivity index (χ0n) is 14.9. The van der Waals surface area contributed by atoms with E-state index in [9.17, 15) is 0 Å². The van der Waals surface area contributed by atoms with Gasteiger partial charge in [0.15, 0.2) is 0 Å². The standard InChI is InChI=1S/C19H32O3Si/c1-5-18(16-11-17-23(20-2,21-3)22-4)12-9-10-15-19-13-7-6-8-14-19/h5-8,13-14,18H,1,9-12,15-17H2,2-4H3. The zero-order chi connectivity index (χ0) is 17.0. The van der Waals surface area contributed by atoms with Crippen molar-refractivity contribution in [2.45, 2.75) is 44.6 Å². The largest absolute Gasteiger partial charge is 0.500 e. The van der Waals surface area contributed by atoms with Gasteiger partial charge in [-0.1, -0.05) is 42.8 Å². The van der Waals surface area contributed by atoms with E-state index in [0.717, 1.165) is 25.3 Å². The van der Waals surface area contributed by atoms with Gasteiger partial charge < -0.3 is 13.3 Å². The average Bonchev–Trinajstić information content (AvgIpc) is 2.62. The Bertz CT molecular complexity index is 410. The molecule has 0 aliphatic heterocycles. The highest BCUT2D eigenvalue weighted by molar-refractivity contribution is 6.60. The molecule has 0 aromatic heterocycles. The second-order valence-corrected chi connectivity index (χ2v) is 9.01. The number of unbranched alkanes of at least 4 members (excludes halogenated alkanes) is 1. The van der Waals surface area contributed by atoms with Gasteiger partial charge in [-0.15, -0.1) is 6.58 Å². The summed E-state index contributed by atoms with van der Waals surface area (Å²) in [4.78, 5) is 0. The summed E-state index contributed by atoms with van der Waals surface area (Å²) in [6.07, 6.45) is 9.12. The van der Waals surface area contributed by atoms with Crippen LogP contribution in [0, 0.1) is 5.92 Å². The van der Waals surface area contributed by atoms with Crippen LogP contribution in [0.3, 0.4) is 0 Å². The zero-order valence-corrected chi connectivity index (χ0v) is 15.9. The smallest absolute Gasteiger partial charge is 0.377 e. The van der Waals surface area contributed by atoms with E-state index in [2.05, 4.69) is 43.0 Å². The van der Waals surface area contributed by atoms with E-state index < -0.39 is 8.80 Å². The number of rotatable bonds is 13. The third-order valence-corrected chi connectivity index (χ3v) is 7.29. The fourth-order valence-electron chi connectivity index (χ4n) is 2.90. The van der Waals surface area contributed by atoms with Crippen molar-refractivity contribution in [3.05, 3.63) is 48.6 Å². The summed E-state index contributed by atoms with van der Waals surface area (Å²) in [6.45, 7) is 3.99. The van der Waals surface area contributed by atoms with Crippen LogP contribution in [-0.2, 0) is 19.7 Å². The van der Waals surface area contributed by atoms with Crippen molar-refractivity contribution in [2.24, 2.45) is 5.92 Å². The van der Waals surface area contributed by atoms with Crippen LogP contribution < -0.4 is 0 Å². The van der Waals surface area contributed by atoms with E-state index in [1.807, 2.05) is 0 Å². The van der Waals surface area contributed by atoms with E-state index in [-0.39, 0.29) is 0 Å². The molecule has 1 unspecified atom stereocenters. The first-order valence-corrected chi connectivity index (χ1v) is 10.4. The second-order valence-electron chi connectivity index (χ2n) is 5.91. The molecule has 0 bridgehead atoms. The van der Waals surface area contributed by atoms with Crippen LogP contribution >= 0.6 is 0 Å². The van der Waals surface area contributed by atoms with Crippen molar-refractivity contribution in [3.8, 4) is 0 Å². The van der Waals surface area contributed by atoms with Crippen LogP contribution in [0.4, 0.5) is 0 Å². The maximum absolute atomic E-state index is 5.47. The van der Waals surface area contributed by atoms with Gasteiger partial charge in [-0.25, -0.2) is 0 Å². The Hall–Kier alpha value is -0.943. The molecule has 0 aliphatic rings. The Morgan fingerprint density at radius 3 is 2.13 bits per heavy atom. The molecule has 0 radical (unpaired) electrons. The quantitative estimate of drug-likeness (QED) is 0.292. The maximum Gasteiger partial charge on any atom is 0.500 e. The molecule has 130 valence electrons. The monoisotopic (exact) mass is 336 g/mol. The van der Waals surface area contributed by atoms with Gasteiger partial charge >= 0.3 is 8.80 Å². The van der Waals surface area contributed by atoms with E-state index >= 15 is 0 Å². The molecule has 0 aliphatic carbocycles. The van der Waals surface area contributed by atoms with E-state index in [1.165, 1.54) is 24.8 Å². The average molecular weight is 337 g/mol. The van der Waals surface area contributed by atoms with Crippen molar-refractivity contribution in [2.75, 3.05) is 21.3 Å². The third-order valence-electron chi connectivity index (χ3n) is 4.46. The molecule has 0 heterocycles. The molecule has 0 fully saturated rings. The highest BCUT2D eigenvalue weighted by atomic mass is 28.4. The van der Waals surface area contributed by atoms with Gasteiger partial charge in [-0.05, 0) is 43.6 Å². The highest BCUT2D eigenvalue weighted by Crippen LogP contribution is 2.22. The van der Waals surface area contributed by atoms with Crippen molar-refractivity contribution >= 4 is 8.80 Å². The second kappa shape index (κ2) is 11.6. The number of hydrogen-bond donors (Lipinski definition) is 0. The summed E-state index contributed by atoms with van der Waals surface area (Å²) < 4.78 is 16.4. The summed E-state index contributed by atoms with van der Waals surface area (Å²) in [6, 6.07) is 11.6. The van der Waals surface area contributed by atoms with Gasteiger partial charge in [-0.3, -0.25) is 0 Å². The summed E-state index contributed by atoms with van der Waals surface area (Å²) >= 11 is 0. The van der Waals surface area contributed by atoms with Crippen molar-refractivity contribution < 1.29 is 13.3 Å². The van der Waals surface area contributed by atoms with Crippen LogP contribution in [0.5, 0.6) is 0 Å². The molecule has 0 saturated heterocycles. The fraction of sp³-hybridized carbons (Fsp3) is 0.579. The van der Waals surface area contributed by atoms with Gasteiger partial charge in [0.05, 0.1) is 0 Å². The number of allylic oxidation sites excluding steroid dienone is 1. The number of aryl methyl sites for hydroxylation is 1. The Morgan fingerprint density at radius 2 is 1.57 bits per heavy atom. The predicted octanol–water partition coefficient (Wildman–Crippen LogP) is 4.86. The van der Waals surface area contributed by atoms with Gasteiger partial charge in [0.1, 0.15) is 0 Å². The predicted molar refractivity (Wildman–Crippen MR) is 98.5 cm³/mol. The van der Waals surface area contributed by atoms with E-state index in [4.69, 9.17) is 13.3 Å². The lowest BCUT2D eigenvalue weighted by Crippen LogP contribution is -2.42. The molecule has 0 amide bonds. The third kappa shape index (κ3) is 7.44. The van der Waals surface area contributed by atoms with Crippen LogP contribution in [0.15, 0.2) is 43.0 Å². The van der Waals surface area contributed by atoms with Crippen molar-refractivity contribution in [1.82, 2.24) is 0 Å². The Balaban J connectivity index is 2.22. The molecule has 1 aromatic carbocycles. The summed E-state index contributed by atoms with van der Waals surface area (Å²) in [5.41, 5.74) is 1.43. The van der Waals surface area contributed by atoms with E-state index in [0.29, 0.717) is 5.92 Å². The Kier molecular flexibility index (Phi) is 10.1. The number of benzene rings is 1. The first kappa shape index (κ1) is 20.1. The molecule has 1 aromatic rings. The first-order valence-electron chi connectivity index (χ1n) is 8.51. The molecular formula is C19H32O3Si. The van der Waals surface area contributed by atoms with Crippen molar-refractivity contribution in [3.63, 3.8) is 0 Å². The molecule has 0 saturated carbocycles. The van der Waals surface area contributed by atoms with Crippen LogP contribution in [-0.4, -0.2) is 30.1 Å². The molecule has 0 spiro atoms. The Morgan fingerprint density at radius 1 is 0.957 bits per heavy atom. The lowest BCUT2D eigenvalue weighted by Gasteiger charge is -2.24. The van der Waals surface area contributed by atoms with Gasteiger partial charge in [0, 0.05) is 27.4 Å². The highest BCUT2D eigenvalue weighted by Gasteiger charge is 2.36. The number of hydrogen-bond acceptors (Lipinski definition) is 3. The lowest BCUT2D eigenvalue weighted by atomic mass is 9.96. The first-order chi connectivity index (χ1) is 11.2. The van der Waals surface area contributed by atoms with Gasteiger partial charge in [-0.2, -0.15) is 0 Å². The molecule has 0 N–H and O–H groups in total. The van der Waals surface area contributed by atoms with Gasteiger partial charge in [0.2, 0.25) is 0 Å². The summed E-state index contributed by atoms with van der Waals surface area (Å²) in [5, 5.41) is 0. The molecule has 1 atom stereocenters. The Labute approximate surface area is 143 Å². The topological polar surface area (TPSA) is 27.7 Å². The van der Waals surface area contributed by atoms with Crippen LogP contribution in [0.1, 0.15) is 37.7 Å². The molecular weight excluding hydrogens is 304 g/mol. The minimum atomic E-state index is -2.41. The molecule has 4 heteroatoms.